The molecular weight excluding hydrogens is 313 g/mol. The van der Waals surface area contributed by atoms with E-state index in [1.54, 1.807) is 6.07 Å². The van der Waals surface area contributed by atoms with Gasteiger partial charge in [0.05, 0.1) is 11.3 Å². The molecule has 0 aliphatic heterocycles. The summed E-state index contributed by atoms with van der Waals surface area (Å²) < 4.78 is 37.8. The van der Waals surface area contributed by atoms with Crippen LogP contribution in [0.25, 0.3) is 0 Å². The van der Waals surface area contributed by atoms with Crippen LogP contribution in [0, 0.1) is 5.92 Å². The van der Waals surface area contributed by atoms with Crippen molar-refractivity contribution < 1.29 is 18.0 Å². The largest absolute Gasteiger partial charge is 0.416 e. The Morgan fingerprint density at radius 2 is 2.05 bits per heavy atom. The molecule has 1 aromatic carbocycles. The average molecular weight is 334 g/mol. The molecule has 0 radical (unpaired) electrons. The molecule has 0 aliphatic rings. The highest BCUT2D eigenvalue weighted by atomic mass is 32.2. The fourth-order valence-electron chi connectivity index (χ4n) is 1.96. The lowest BCUT2D eigenvalue weighted by Gasteiger charge is -2.18. The lowest BCUT2D eigenvalue weighted by Crippen LogP contribution is -2.41. The number of alkyl halides is 3. The van der Waals surface area contributed by atoms with Gasteiger partial charge in [0.2, 0.25) is 5.91 Å². The van der Waals surface area contributed by atoms with Crippen LogP contribution in [0.3, 0.4) is 0 Å². The van der Waals surface area contributed by atoms with E-state index in [4.69, 9.17) is 5.73 Å². The minimum absolute atomic E-state index is 0.0654. The molecule has 22 heavy (non-hydrogen) atoms. The highest BCUT2D eigenvalue weighted by Crippen LogP contribution is 2.31. The second-order valence-electron chi connectivity index (χ2n) is 5.44. The summed E-state index contributed by atoms with van der Waals surface area (Å²) >= 11 is 1.08. The molecule has 0 aliphatic carbocycles. The van der Waals surface area contributed by atoms with E-state index in [0.717, 1.165) is 30.3 Å². The molecule has 7 heteroatoms. The number of thioether (sulfide) groups is 1. The highest BCUT2D eigenvalue weighted by Gasteiger charge is 2.30. The van der Waals surface area contributed by atoms with Gasteiger partial charge in [-0.05, 0) is 30.5 Å². The smallest absolute Gasteiger partial charge is 0.351 e. The first kappa shape index (κ1) is 18.8. The Morgan fingerprint density at radius 3 is 2.59 bits per heavy atom. The first-order valence-corrected chi connectivity index (χ1v) is 8.00. The molecule has 0 spiro atoms. The summed E-state index contributed by atoms with van der Waals surface area (Å²) in [4.78, 5) is 12.3. The number of benzene rings is 1. The summed E-state index contributed by atoms with van der Waals surface area (Å²) in [7, 11) is 0. The second kappa shape index (κ2) is 8.43. The fourth-order valence-corrected chi connectivity index (χ4v) is 2.73. The van der Waals surface area contributed by atoms with Crippen molar-refractivity contribution in [2.24, 2.45) is 11.7 Å². The molecule has 0 aromatic heterocycles. The van der Waals surface area contributed by atoms with E-state index in [9.17, 15) is 18.0 Å². The Morgan fingerprint density at radius 1 is 1.36 bits per heavy atom. The van der Waals surface area contributed by atoms with Gasteiger partial charge in [-0.25, -0.2) is 0 Å². The molecular formula is C15H21F3N2OS. The highest BCUT2D eigenvalue weighted by molar-refractivity contribution is 8.00. The summed E-state index contributed by atoms with van der Waals surface area (Å²) in [5.74, 6) is 0.249. The van der Waals surface area contributed by atoms with Gasteiger partial charge in [0, 0.05) is 17.5 Å². The molecule has 124 valence electrons. The summed E-state index contributed by atoms with van der Waals surface area (Å²) in [5, 5.41) is 2.81. The molecule has 1 amide bonds. The predicted octanol–water partition coefficient (Wildman–Crippen LogP) is 3.29. The van der Waals surface area contributed by atoms with Crippen molar-refractivity contribution in [3.05, 3.63) is 29.8 Å². The zero-order valence-corrected chi connectivity index (χ0v) is 13.4. The SMILES string of the molecule is CC(C)CC(CN)NC(=O)CSc1cccc(C(F)(F)F)c1. The van der Waals surface area contributed by atoms with Gasteiger partial charge in [-0.1, -0.05) is 19.9 Å². The summed E-state index contributed by atoms with van der Waals surface area (Å²) in [5.41, 5.74) is 4.89. The Balaban J connectivity index is 2.54. The second-order valence-corrected chi connectivity index (χ2v) is 6.49. The Labute approximate surface area is 132 Å². The third-order valence-electron chi connectivity index (χ3n) is 2.94. The number of hydrogen-bond acceptors (Lipinski definition) is 3. The van der Waals surface area contributed by atoms with Crippen LogP contribution < -0.4 is 11.1 Å². The molecule has 0 fully saturated rings. The average Bonchev–Trinajstić information content (AvgIpc) is 2.43. The summed E-state index contributed by atoms with van der Waals surface area (Å²) in [6, 6.07) is 4.85. The maximum Gasteiger partial charge on any atom is 0.416 e. The third kappa shape index (κ3) is 6.70. The maximum absolute atomic E-state index is 12.6. The zero-order valence-electron chi connectivity index (χ0n) is 12.6. The van der Waals surface area contributed by atoms with Gasteiger partial charge in [0.25, 0.3) is 0 Å². The van der Waals surface area contributed by atoms with E-state index in [0.29, 0.717) is 17.4 Å². The molecule has 1 atom stereocenters. The van der Waals surface area contributed by atoms with Gasteiger partial charge in [-0.3, -0.25) is 4.79 Å². The van der Waals surface area contributed by atoms with Crippen LogP contribution in [0.4, 0.5) is 13.2 Å². The van der Waals surface area contributed by atoms with Gasteiger partial charge < -0.3 is 11.1 Å². The number of carbonyl (C=O) groups is 1. The van der Waals surface area contributed by atoms with Crippen LogP contribution in [-0.2, 0) is 11.0 Å². The van der Waals surface area contributed by atoms with Crippen molar-refractivity contribution in [3.8, 4) is 0 Å². The quantitative estimate of drug-likeness (QED) is 0.753. The van der Waals surface area contributed by atoms with Gasteiger partial charge in [0.15, 0.2) is 0 Å². The van der Waals surface area contributed by atoms with Crippen LogP contribution in [0.15, 0.2) is 29.2 Å². The van der Waals surface area contributed by atoms with Gasteiger partial charge >= 0.3 is 6.18 Å². The van der Waals surface area contributed by atoms with E-state index in [-0.39, 0.29) is 17.7 Å². The standard InChI is InChI=1S/C15H21F3N2OS/c1-10(2)6-12(8-19)20-14(21)9-22-13-5-3-4-11(7-13)15(16,17)18/h3-5,7,10,12H,6,8-9,19H2,1-2H3,(H,20,21). The van der Waals surface area contributed by atoms with E-state index >= 15 is 0 Å². The normalized spacial score (nSPS) is 13.2. The number of halogens is 3. The molecule has 1 unspecified atom stereocenters. The molecule has 1 rings (SSSR count). The lowest BCUT2D eigenvalue weighted by molar-refractivity contribution is -0.137. The van der Waals surface area contributed by atoms with Crippen molar-refractivity contribution in [1.29, 1.82) is 0 Å². The molecule has 3 N–H and O–H groups in total. The Hall–Kier alpha value is -1.21. The van der Waals surface area contributed by atoms with Crippen molar-refractivity contribution in [2.75, 3.05) is 12.3 Å². The fraction of sp³-hybridized carbons (Fsp3) is 0.533. The molecule has 0 bridgehead atoms. The number of nitrogens with one attached hydrogen (secondary N) is 1. The van der Waals surface area contributed by atoms with Gasteiger partial charge in [0.1, 0.15) is 0 Å². The van der Waals surface area contributed by atoms with Crippen molar-refractivity contribution in [1.82, 2.24) is 5.32 Å². The molecule has 0 saturated heterocycles. The lowest BCUT2D eigenvalue weighted by atomic mass is 10.0. The topological polar surface area (TPSA) is 55.1 Å². The minimum Gasteiger partial charge on any atom is -0.351 e. The third-order valence-corrected chi connectivity index (χ3v) is 3.93. The van der Waals surface area contributed by atoms with Crippen molar-refractivity contribution in [3.63, 3.8) is 0 Å². The maximum atomic E-state index is 12.6. The monoisotopic (exact) mass is 334 g/mol. The first-order valence-electron chi connectivity index (χ1n) is 7.02. The summed E-state index contributed by atoms with van der Waals surface area (Å²) in [6.45, 7) is 4.41. The number of carbonyl (C=O) groups excluding carboxylic acids is 1. The Bertz CT molecular complexity index is 492. The van der Waals surface area contributed by atoms with Gasteiger partial charge in [-0.2, -0.15) is 13.2 Å². The zero-order chi connectivity index (χ0) is 16.8. The molecule has 1 aromatic rings. The number of nitrogens with two attached hydrogens (primary N) is 1. The van der Waals surface area contributed by atoms with Crippen LogP contribution in [-0.4, -0.2) is 24.2 Å². The van der Waals surface area contributed by atoms with Crippen molar-refractivity contribution in [2.45, 2.75) is 37.4 Å². The summed E-state index contributed by atoms with van der Waals surface area (Å²) in [6.07, 6.45) is -3.60. The van der Waals surface area contributed by atoms with Gasteiger partial charge in [-0.15, -0.1) is 11.8 Å². The van der Waals surface area contributed by atoms with Crippen LogP contribution in [0.5, 0.6) is 0 Å². The van der Waals surface area contributed by atoms with E-state index in [1.165, 1.54) is 6.07 Å². The van der Waals surface area contributed by atoms with E-state index in [2.05, 4.69) is 5.32 Å². The predicted molar refractivity (Wildman–Crippen MR) is 82.6 cm³/mol. The van der Waals surface area contributed by atoms with Crippen LogP contribution in [0.2, 0.25) is 0 Å². The van der Waals surface area contributed by atoms with E-state index < -0.39 is 11.7 Å². The number of amides is 1. The molecule has 0 saturated carbocycles. The van der Waals surface area contributed by atoms with Crippen LogP contribution in [0.1, 0.15) is 25.8 Å². The minimum atomic E-state index is -4.37. The molecule has 3 nitrogen and oxygen atoms in total. The number of hydrogen-bond donors (Lipinski definition) is 2. The van der Waals surface area contributed by atoms with E-state index in [1.807, 2.05) is 13.8 Å². The van der Waals surface area contributed by atoms with Crippen LogP contribution >= 0.6 is 11.8 Å². The van der Waals surface area contributed by atoms with Crippen molar-refractivity contribution >= 4 is 17.7 Å². The number of rotatable bonds is 7. The molecule has 0 heterocycles. The Kier molecular flexibility index (Phi) is 7.22. The first-order chi connectivity index (χ1) is 10.2.